The van der Waals surface area contributed by atoms with Gasteiger partial charge in [-0.1, -0.05) is 53.0 Å². The maximum Gasteiger partial charge on any atom is 0.0485 e. The van der Waals surface area contributed by atoms with Gasteiger partial charge in [-0.25, -0.2) is 0 Å². The third-order valence-electron chi connectivity index (χ3n) is 2.29. The van der Waals surface area contributed by atoms with Crippen molar-refractivity contribution >= 4 is 23.2 Å². The minimum absolute atomic E-state index is 0.727. The zero-order valence-corrected chi connectivity index (χ0v) is 9.81. The van der Waals surface area contributed by atoms with Gasteiger partial charge in [-0.05, 0) is 25.1 Å². The lowest BCUT2D eigenvalue weighted by Gasteiger charge is -2.07. The Morgan fingerprint density at radius 3 is 2.20 bits per heavy atom. The molecular weight excluding hydrogens is 227 g/mol. The van der Waals surface area contributed by atoms with E-state index in [-0.39, 0.29) is 0 Å². The largest absolute Gasteiger partial charge is 0.0837 e. The molecule has 0 heterocycles. The van der Waals surface area contributed by atoms with Gasteiger partial charge in [0.15, 0.2) is 0 Å². The number of hydrogen-bond acceptors (Lipinski definition) is 0. The normalized spacial score (nSPS) is 10.3. The zero-order valence-electron chi connectivity index (χ0n) is 8.30. The standard InChI is InChI=1S/C13H10Cl2/c1-9-6-7-13(15)11(8-9)10-4-2-3-5-12(10)14/h2-8H,1H3. The van der Waals surface area contributed by atoms with Crippen molar-refractivity contribution in [3.63, 3.8) is 0 Å². The van der Waals surface area contributed by atoms with Gasteiger partial charge in [0.1, 0.15) is 0 Å². The number of halogens is 2. The molecule has 0 bridgehead atoms. The maximum atomic E-state index is 6.14. The van der Waals surface area contributed by atoms with Crippen molar-refractivity contribution in [2.24, 2.45) is 0 Å². The second-order valence-electron chi connectivity index (χ2n) is 3.46. The first kappa shape index (κ1) is 10.5. The quantitative estimate of drug-likeness (QED) is 0.656. The average molecular weight is 237 g/mol. The molecule has 76 valence electrons. The predicted molar refractivity (Wildman–Crippen MR) is 66.6 cm³/mol. The molecule has 15 heavy (non-hydrogen) atoms. The summed E-state index contributed by atoms with van der Waals surface area (Å²) in [7, 11) is 0. The van der Waals surface area contributed by atoms with E-state index in [9.17, 15) is 0 Å². The van der Waals surface area contributed by atoms with E-state index < -0.39 is 0 Å². The summed E-state index contributed by atoms with van der Waals surface area (Å²) in [4.78, 5) is 0. The fraction of sp³-hybridized carbons (Fsp3) is 0.0769. The third kappa shape index (κ3) is 2.17. The summed E-state index contributed by atoms with van der Waals surface area (Å²) in [6.07, 6.45) is 0. The van der Waals surface area contributed by atoms with Gasteiger partial charge in [0.2, 0.25) is 0 Å². The molecule has 0 aliphatic heterocycles. The molecule has 2 aromatic carbocycles. The van der Waals surface area contributed by atoms with Crippen molar-refractivity contribution in [1.82, 2.24) is 0 Å². The van der Waals surface area contributed by atoms with Crippen LogP contribution in [0, 0.1) is 6.92 Å². The number of hydrogen-bond donors (Lipinski definition) is 0. The third-order valence-corrected chi connectivity index (χ3v) is 2.95. The summed E-state index contributed by atoms with van der Waals surface area (Å²) in [6, 6.07) is 13.6. The fourth-order valence-electron chi connectivity index (χ4n) is 1.53. The van der Waals surface area contributed by atoms with Crippen LogP contribution in [0.4, 0.5) is 0 Å². The topological polar surface area (TPSA) is 0 Å². The molecule has 0 saturated heterocycles. The van der Waals surface area contributed by atoms with Gasteiger partial charge in [-0.3, -0.25) is 0 Å². The second kappa shape index (κ2) is 4.26. The predicted octanol–water partition coefficient (Wildman–Crippen LogP) is 4.97. The van der Waals surface area contributed by atoms with Crippen LogP contribution in [0.2, 0.25) is 10.0 Å². The van der Waals surface area contributed by atoms with Crippen LogP contribution in [0.15, 0.2) is 42.5 Å². The van der Waals surface area contributed by atoms with Crippen LogP contribution in [-0.4, -0.2) is 0 Å². The molecule has 0 unspecified atom stereocenters. The Bertz CT molecular complexity index is 490. The number of rotatable bonds is 1. The molecule has 0 aliphatic carbocycles. The van der Waals surface area contributed by atoms with Crippen LogP contribution >= 0.6 is 23.2 Å². The Hall–Kier alpha value is -0.980. The van der Waals surface area contributed by atoms with Gasteiger partial charge in [0, 0.05) is 21.2 Å². The summed E-state index contributed by atoms with van der Waals surface area (Å²) in [5.74, 6) is 0. The molecule has 2 rings (SSSR count). The first-order valence-corrected chi connectivity index (χ1v) is 5.45. The van der Waals surface area contributed by atoms with Gasteiger partial charge in [0.05, 0.1) is 0 Å². The molecule has 0 aliphatic rings. The monoisotopic (exact) mass is 236 g/mol. The van der Waals surface area contributed by atoms with Crippen molar-refractivity contribution in [3.05, 3.63) is 58.1 Å². The van der Waals surface area contributed by atoms with Crippen molar-refractivity contribution in [2.75, 3.05) is 0 Å². The molecule has 0 radical (unpaired) electrons. The average Bonchev–Trinajstić information content (AvgIpc) is 2.23. The Morgan fingerprint density at radius 1 is 0.800 bits per heavy atom. The Morgan fingerprint density at radius 2 is 1.47 bits per heavy atom. The van der Waals surface area contributed by atoms with Crippen LogP contribution in [0.1, 0.15) is 5.56 Å². The van der Waals surface area contributed by atoms with Crippen molar-refractivity contribution in [1.29, 1.82) is 0 Å². The molecule has 0 N–H and O–H groups in total. The minimum atomic E-state index is 0.727. The smallest absolute Gasteiger partial charge is 0.0485 e. The molecule has 0 nitrogen and oxygen atoms in total. The second-order valence-corrected chi connectivity index (χ2v) is 4.28. The minimum Gasteiger partial charge on any atom is -0.0837 e. The summed E-state index contributed by atoms with van der Waals surface area (Å²) in [5, 5.41) is 1.46. The van der Waals surface area contributed by atoms with Crippen molar-refractivity contribution in [2.45, 2.75) is 6.92 Å². The summed E-state index contributed by atoms with van der Waals surface area (Å²) in [6.45, 7) is 2.04. The van der Waals surface area contributed by atoms with Crippen LogP contribution in [0.25, 0.3) is 11.1 Å². The van der Waals surface area contributed by atoms with E-state index in [0.717, 1.165) is 21.2 Å². The molecule has 0 saturated carbocycles. The highest BCUT2D eigenvalue weighted by molar-refractivity contribution is 6.36. The lowest BCUT2D eigenvalue weighted by atomic mass is 10.0. The van der Waals surface area contributed by atoms with Gasteiger partial charge in [-0.15, -0.1) is 0 Å². The summed E-state index contributed by atoms with van der Waals surface area (Å²) < 4.78 is 0. The highest BCUT2D eigenvalue weighted by Gasteiger charge is 2.06. The van der Waals surface area contributed by atoms with Gasteiger partial charge < -0.3 is 0 Å². The first-order chi connectivity index (χ1) is 7.18. The molecule has 0 spiro atoms. The molecular formula is C13H10Cl2. The SMILES string of the molecule is Cc1ccc(Cl)c(-c2ccccc2Cl)c1. The van der Waals surface area contributed by atoms with Gasteiger partial charge >= 0.3 is 0 Å². The Labute approximate surface area is 99.5 Å². The van der Waals surface area contributed by atoms with Gasteiger partial charge in [-0.2, -0.15) is 0 Å². The van der Waals surface area contributed by atoms with Crippen molar-refractivity contribution < 1.29 is 0 Å². The molecule has 2 aromatic rings. The van der Waals surface area contributed by atoms with E-state index in [1.54, 1.807) is 0 Å². The molecule has 0 fully saturated rings. The molecule has 2 heteroatoms. The van der Waals surface area contributed by atoms with Crippen LogP contribution < -0.4 is 0 Å². The summed E-state index contributed by atoms with van der Waals surface area (Å²) >= 11 is 12.3. The Kier molecular flexibility index (Phi) is 2.99. The van der Waals surface area contributed by atoms with Crippen molar-refractivity contribution in [3.8, 4) is 11.1 Å². The van der Waals surface area contributed by atoms with E-state index in [4.69, 9.17) is 23.2 Å². The summed E-state index contributed by atoms with van der Waals surface area (Å²) in [5.41, 5.74) is 3.14. The molecule has 0 aromatic heterocycles. The van der Waals surface area contributed by atoms with E-state index >= 15 is 0 Å². The highest BCUT2D eigenvalue weighted by Crippen LogP contribution is 2.33. The lowest BCUT2D eigenvalue weighted by Crippen LogP contribution is -1.82. The van der Waals surface area contributed by atoms with E-state index in [0.29, 0.717) is 0 Å². The number of benzene rings is 2. The van der Waals surface area contributed by atoms with Crippen LogP contribution in [-0.2, 0) is 0 Å². The van der Waals surface area contributed by atoms with Crippen LogP contribution in [0.5, 0.6) is 0 Å². The zero-order chi connectivity index (χ0) is 10.8. The highest BCUT2D eigenvalue weighted by atomic mass is 35.5. The van der Waals surface area contributed by atoms with E-state index in [1.165, 1.54) is 5.56 Å². The fourth-order valence-corrected chi connectivity index (χ4v) is 1.98. The Balaban J connectivity index is 2.64. The molecule has 0 atom stereocenters. The first-order valence-electron chi connectivity index (χ1n) is 4.69. The lowest BCUT2D eigenvalue weighted by molar-refractivity contribution is 1.47. The van der Waals surface area contributed by atoms with E-state index in [2.05, 4.69) is 0 Å². The van der Waals surface area contributed by atoms with E-state index in [1.807, 2.05) is 49.4 Å². The van der Waals surface area contributed by atoms with Gasteiger partial charge in [0.25, 0.3) is 0 Å². The van der Waals surface area contributed by atoms with Crippen LogP contribution in [0.3, 0.4) is 0 Å². The number of aryl methyl sites for hydroxylation is 1. The molecule has 0 amide bonds. The maximum absolute atomic E-state index is 6.14.